The largest absolute Gasteiger partial charge is 0.464 e. The molecule has 24 heavy (non-hydrogen) atoms. The predicted molar refractivity (Wildman–Crippen MR) is 87.5 cm³/mol. The number of alkyl halides is 1. The number of nitrogens with zero attached hydrogens (tertiary/aromatic N) is 2. The molecule has 2 aliphatic rings. The van der Waals surface area contributed by atoms with Crippen molar-refractivity contribution in [2.24, 2.45) is 0 Å². The second-order valence-corrected chi connectivity index (χ2v) is 6.49. The maximum absolute atomic E-state index is 14.7. The van der Waals surface area contributed by atoms with Crippen molar-refractivity contribution in [2.75, 3.05) is 39.4 Å². The van der Waals surface area contributed by atoms with Crippen LogP contribution in [0.4, 0.5) is 9.18 Å². The summed E-state index contributed by atoms with van der Waals surface area (Å²) in [6, 6.07) is 0.330. The lowest BCUT2D eigenvalue weighted by atomic mass is 9.91. The number of amides is 1. The van der Waals surface area contributed by atoms with Crippen molar-refractivity contribution in [3.63, 3.8) is 0 Å². The fourth-order valence-corrected chi connectivity index (χ4v) is 3.55. The summed E-state index contributed by atoms with van der Waals surface area (Å²) in [5, 5.41) is 0. The topological polar surface area (TPSA) is 59.1 Å². The minimum atomic E-state index is -1.84. The summed E-state index contributed by atoms with van der Waals surface area (Å²) in [6.07, 6.45) is 2.88. The SMILES string of the molecule is CCOC(=O)N1CCCC(N2CCC(F)(C(=O)OCC)CC2)CC1. The van der Waals surface area contributed by atoms with Crippen molar-refractivity contribution < 1.29 is 23.5 Å². The lowest BCUT2D eigenvalue weighted by molar-refractivity contribution is -0.161. The third-order valence-electron chi connectivity index (χ3n) is 4.97. The number of carbonyl (C=O) groups excluding carboxylic acids is 2. The molecule has 0 aromatic carbocycles. The van der Waals surface area contributed by atoms with E-state index in [1.807, 2.05) is 0 Å². The third-order valence-corrected chi connectivity index (χ3v) is 4.97. The molecule has 6 nitrogen and oxygen atoms in total. The molecule has 0 saturated carbocycles. The Morgan fingerprint density at radius 1 is 1.04 bits per heavy atom. The van der Waals surface area contributed by atoms with Crippen molar-refractivity contribution in [1.29, 1.82) is 0 Å². The highest BCUT2D eigenvalue weighted by Gasteiger charge is 2.44. The molecule has 0 N–H and O–H groups in total. The molecule has 2 fully saturated rings. The zero-order valence-electron chi connectivity index (χ0n) is 14.8. The maximum atomic E-state index is 14.7. The van der Waals surface area contributed by atoms with Gasteiger partial charge in [0.2, 0.25) is 5.67 Å². The maximum Gasteiger partial charge on any atom is 0.409 e. The molecule has 1 atom stereocenters. The van der Waals surface area contributed by atoms with E-state index in [9.17, 15) is 14.0 Å². The van der Waals surface area contributed by atoms with Crippen LogP contribution in [0.15, 0.2) is 0 Å². The van der Waals surface area contributed by atoms with Crippen molar-refractivity contribution >= 4 is 12.1 Å². The van der Waals surface area contributed by atoms with E-state index in [1.54, 1.807) is 18.7 Å². The summed E-state index contributed by atoms with van der Waals surface area (Å²) in [4.78, 5) is 27.6. The van der Waals surface area contributed by atoms with E-state index in [-0.39, 0.29) is 25.5 Å². The second-order valence-electron chi connectivity index (χ2n) is 6.49. The highest BCUT2D eigenvalue weighted by molar-refractivity contribution is 5.79. The van der Waals surface area contributed by atoms with Gasteiger partial charge in [0.15, 0.2) is 0 Å². The van der Waals surface area contributed by atoms with Crippen LogP contribution in [-0.4, -0.2) is 73.0 Å². The lowest BCUT2D eigenvalue weighted by Crippen LogP contribution is -2.50. The van der Waals surface area contributed by atoms with Crippen LogP contribution in [0.1, 0.15) is 46.0 Å². The molecule has 0 aromatic rings. The number of hydrogen-bond donors (Lipinski definition) is 0. The lowest BCUT2D eigenvalue weighted by Gasteiger charge is -2.39. The van der Waals surface area contributed by atoms with Gasteiger partial charge in [0, 0.05) is 45.1 Å². The highest BCUT2D eigenvalue weighted by Crippen LogP contribution is 2.31. The number of hydrogen-bond acceptors (Lipinski definition) is 5. The first-order valence-electron chi connectivity index (χ1n) is 9.02. The number of esters is 1. The van der Waals surface area contributed by atoms with Crippen LogP contribution in [-0.2, 0) is 14.3 Å². The van der Waals surface area contributed by atoms with Crippen LogP contribution in [0.25, 0.3) is 0 Å². The van der Waals surface area contributed by atoms with Gasteiger partial charge in [0.25, 0.3) is 0 Å². The molecule has 0 bridgehead atoms. The summed E-state index contributed by atoms with van der Waals surface area (Å²) in [7, 11) is 0. The van der Waals surface area contributed by atoms with Crippen LogP contribution in [0.3, 0.4) is 0 Å². The Balaban J connectivity index is 1.84. The van der Waals surface area contributed by atoms with Gasteiger partial charge in [-0.1, -0.05) is 0 Å². The molecule has 138 valence electrons. The van der Waals surface area contributed by atoms with E-state index in [0.29, 0.717) is 38.8 Å². The third kappa shape index (κ3) is 4.59. The normalized spacial score (nSPS) is 25.0. The monoisotopic (exact) mass is 344 g/mol. The molecule has 0 aliphatic carbocycles. The Hall–Kier alpha value is -1.37. The van der Waals surface area contributed by atoms with Crippen LogP contribution >= 0.6 is 0 Å². The fourth-order valence-electron chi connectivity index (χ4n) is 3.55. The molecule has 1 unspecified atom stereocenters. The molecule has 0 radical (unpaired) electrons. The Morgan fingerprint density at radius 2 is 1.71 bits per heavy atom. The van der Waals surface area contributed by atoms with Crippen molar-refractivity contribution in [1.82, 2.24) is 9.80 Å². The summed E-state index contributed by atoms with van der Waals surface area (Å²) in [6.45, 7) is 6.57. The summed E-state index contributed by atoms with van der Waals surface area (Å²) in [5.74, 6) is -0.723. The number of carbonyl (C=O) groups is 2. The highest BCUT2D eigenvalue weighted by atomic mass is 19.1. The summed E-state index contributed by atoms with van der Waals surface area (Å²) >= 11 is 0. The molecule has 2 saturated heterocycles. The smallest absolute Gasteiger partial charge is 0.409 e. The van der Waals surface area contributed by atoms with Gasteiger partial charge in [0.1, 0.15) is 0 Å². The molecule has 2 heterocycles. The molecule has 2 rings (SSSR count). The number of rotatable bonds is 4. The Kier molecular flexibility index (Phi) is 6.83. The second kappa shape index (κ2) is 8.65. The van der Waals surface area contributed by atoms with Crippen LogP contribution in [0.2, 0.25) is 0 Å². The van der Waals surface area contributed by atoms with E-state index in [1.165, 1.54) is 0 Å². The van der Waals surface area contributed by atoms with Crippen LogP contribution < -0.4 is 0 Å². The minimum Gasteiger partial charge on any atom is -0.464 e. The predicted octanol–water partition coefficient (Wildman–Crippen LogP) is 2.36. The van der Waals surface area contributed by atoms with Gasteiger partial charge >= 0.3 is 12.1 Å². The quantitative estimate of drug-likeness (QED) is 0.733. The summed E-state index contributed by atoms with van der Waals surface area (Å²) in [5.41, 5.74) is -1.84. The number of halogens is 1. The first-order chi connectivity index (χ1) is 11.5. The van der Waals surface area contributed by atoms with Crippen molar-refractivity contribution in [3.8, 4) is 0 Å². The zero-order valence-corrected chi connectivity index (χ0v) is 14.8. The molecule has 0 aromatic heterocycles. The number of ether oxygens (including phenoxy) is 2. The Labute approximate surface area is 143 Å². The average molecular weight is 344 g/mol. The van der Waals surface area contributed by atoms with E-state index < -0.39 is 11.6 Å². The molecule has 2 aliphatic heterocycles. The Bertz CT molecular complexity index is 438. The Morgan fingerprint density at radius 3 is 2.33 bits per heavy atom. The molecular formula is C17H29FN2O4. The van der Waals surface area contributed by atoms with Crippen molar-refractivity contribution in [3.05, 3.63) is 0 Å². The summed E-state index contributed by atoms with van der Waals surface area (Å²) < 4.78 is 24.6. The first kappa shape index (κ1) is 19.0. The zero-order chi connectivity index (χ0) is 17.6. The molecule has 0 spiro atoms. The van der Waals surface area contributed by atoms with Gasteiger partial charge in [0.05, 0.1) is 13.2 Å². The average Bonchev–Trinajstić information content (AvgIpc) is 2.82. The number of piperidine rings is 1. The molecule has 1 amide bonds. The van der Waals surface area contributed by atoms with E-state index in [2.05, 4.69) is 4.90 Å². The standard InChI is InChI=1S/C17H29FN2O4/c1-3-23-15(21)17(18)8-12-19(13-9-17)14-6-5-10-20(11-7-14)16(22)24-4-2/h14H,3-13H2,1-2H3. The van der Waals surface area contributed by atoms with Gasteiger partial charge in [-0.3, -0.25) is 0 Å². The minimum absolute atomic E-state index is 0.184. The number of likely N-dealkylation sites (tertiary alicyclic amines) is 2. The van der Waals surface area contributed by atoms with E-state index >= 15 is 0 Å². The van der Waals surface area contributed by atoms with Crippen molar-refractivity contribution in [2.45, 2.75) is 57.7 Å². The van der Waals surface area contributed by atoms with Gasteiger partial charge < -0.3 is 19.3 Å². The van der Waals surface area contributed by atoms with Gasteiger partial charge in [-0.25, -0.2) is 14.0 Å². The van der Waals surface area contributed by atoms with Gasteiger partial charge in [-0.05, 0) is 33.1 Å². The van der Waals surface area contributed by atoms with Gasteiger partial charge in [-0.2, -0.15) is 0 Å². The van der Waals surface area contributed by atoms with Crippen LogP contribution in [0.5, 0.6) is 0 Å². The first-order valence-corrected chi connectivity index (χ1v) is 9.02. The van der Waals surface area contributed by atoms with Gasteiger partial charge in [-0.15, -0.1) is 0 Å². The van der Waals surface area contributed by atoms with E-state index in [4.69, 9.17) is 9.47 Å². The molecule has 7 heteroatoms. The fraction of sp³-hybridized carbons (Fsp3) is 0.882. The van der Waals surface area contributed by atoms with Crippen LogP contribution in [0, 0.1) is 0 Å². The molecular weight excluding hydrogens is 315 g/mol. The van der Waals surface area contributed by atoms with E-state index in [0.717, 1.165) is 19.3 Å².